The van der Waals surface area contributed by atoms with Crippen LogP contribution in [0.1, 0.15) is 23.0 Å². The van der Waals surface area contributed by atoms with Gasteiger partial charge in [0, 0.05) is 31.2 Å². The summed E-state index contributed by atoms with van der Waals surface area (Å²) in [4.78, 5) is 21.2. The van der Waals surface area contributed by atoms with Crippen LogP contribution in [-0.2, 0) is 4.74 Å². The third-order valence-corrected chi connectivity index (χ3v) is 5.09. The van der Waals surface area contributed by atoms with Gasteiger partial charge in [0.05, 0.1) is 24.5 Å². The highest BCUT2D eigenvalue weighted by Gasteiger charge is 2.18. The monoisotopic (exact) mass is 452 g/mol. The van der Waals surface area contributed by atoms with Crippen molar-refractivity contribution in [3.63, 3.8) is 0 Å². The Morgan fingerprint density at radius 2 is 1.88 bits per heavy atom. The predicted molar refractivity (Wildman–Crippen MR) is 121 cm³/mol. The van der Waals surface area contributed by atoms with Crippen LogP contribution in [0.25, 0.3) is 11.5 Å². The fourth-order valence-corrected chi connectivity index (χ4v) is 3.37. The average Bonchev–Trinajstić information content (AvgIpc) is 3.29. The third kappa shape index (κ3) is 5.17. The minimum atomic E-state index is -0.362. The number of amides is 1. The normalized spacial score (nSPS) is 15.1. The molecule has 1 saturated heterocycles. The number of aromatic nitrogens is 3. The number of halogens is 1. The van der Waals surface area contributed by atoms with Crippen molar-refractivity contribution in [3.05, 3.63) is 77.9 Å². The molecule has 0 spiro atoms. The molecule has 0 aliphatic carbocycles. The van der Waals surface area contributed by atoms with Gasteiger partial charge < -0.3 is 10.5 Å². The van der Waals surface area contributed by atoms with Gasteiger partial charge in [-0.1, -0.05) is 0 Å². The van der Waals surface area contributed by atoms with E-state index in [4.69, 9.17) is 16.3 Å². The zero-order chi connectivity index (χ0) is 23.4. The summed E-state index contributed by atoms with van der Waals surface area (Å²) in [6.45, 7) is 4.15. The van der Waals surface area contributed by atoms with Gasteiger partial charge in [-0.25, -0.2) is 25.2 Å². The Bertz CT molecular complexity index is 1130. The number of carbonyl (C=O) groups excluding carboxylic acids is 1. The highest BCUT2D eigenvalue weighted by Crippen LogP contribution is 2.24. The number of nitrogens with zero attached hydrogens (tertiary/aromatic N) is 5. The van der Waals surface area contributed by atoms with Crippen LogP contribution in [0, 0.1) is 5.82 Å². The summed E-state index contributed by atoms with van der Waals surface area (Å²) >= 11 is 0. The van der Waals surface area contributed by atoms with Crippen molar-refractivity contribution >= 4 is 17.3 Å². The molecule has 172 valence electrons. The summed E-state index contributed by atoms with van der Waals surface area (Å²) in [5.41, 5.74) is 11.3. The first kappa shape index (κ1) is 22.4. The highest BCUT2D eigenvalue weighted by molar-refractivity contribution is 5.93. The van der Waals surface area contributed by atoms with E-state index < -0.39 is 0 Å². The molecular formula is C22H25FN8O2. The van der Waals surface area contributed by atoms with Crippen LogP contribution in [-0.4, -0.2) is 51.8 Å². The number of nitrogens with one attached hydrogen (secondary N) is 1. The van der Waals surface area contributed by atoms with Gasteiger partial charge >= 0.3 is 0 Å². The summed E-state index contributed by atoms with van der Waals surface area (Å²) in [6.07, 6.45) is 4.81. The molecule has 1 amide bonds. The summed E-state index contributed by atoms with van der Waals surface area (Å²) in [5, 5.41) is 3.18. The smallest absolute Gasteiger partial charge is 0.267 e. The SMILES string of the molecule is C/C(N)=C(\c1cn(-c2ccc(C(=O)NN3CCOCC3)cn2)cn1)N(N)c1ccc(F)cc1. The largest absolute Gasteiger partial charge is 0.400 e. The van der Waals surface area contributed by atoms with E-state index in [0.29, 0.717) is 60.5 Å². The minimum absolute atomic E-state index is 0.232. The van der Waals surface area contributed by atoms with Crippen LogP contribution in [0.2, 0.25) is 0 Å². The maximum absolute atomic E-state index is 13.3. The van der Waals surface area contributed by atoms with E-state index in [1.165, 1.54) is 23.3 Å². The molecular weight excluding hydrogens is 427 g/mol. The lowest BCUT2D eigenvalue weighted by Crippen LogP contribution is -2.48. The second kappa shape index (κ2) is 9.77. The number of hydrogen-bond donors (Lipinski definition) is 3. The fraction of sp³-hybridized carbons (Fsp3) is 0.227. The van der Waals surface area contributed by atoms with E-state index >= 15 is 0 Å². The Balaban J connectivity index is 1.50. The Labute approximate surface area is 190 Å². The molecule has 0 atom stereocenters. The molecule has 3 heterocycles. The fourth-order valence-electron chi connectivity index (χ4n) is 3.37. The molecule has 0 radical (unpaired) electrons. The first-order chi connectivity index (χ1) is 15.9. The lowest BCUT2D eigenvalue weighted by atomic mass is 10.2. The number of pyridine rings is 1. The lowest BCUT2D eigenvalue weighted by Gasteiger charge is -2.26. The maximum Gasteiger partial charge on any atom is 0.267 e. The molecule has 5 N–H and O–H groups in total. The summed E-state index contributed by atoms with van der Waals surface area (Å²) in [5.74, 6) is 6.22. The second-order valence-electron chi connectivity index (χ2n) is 7.49. The van der Waals surface area contributed by atoms with Gasteiger partial charge in [0.25, 0.3) is 5.91 Å². The van der Waals surface area contributed by atoms with E-state index in [9.17, 15) is 9.18 Å². The Hall–Kier alpha value is -3.80. The molecule has 1 aliphatic heterocycles. The maximum atomic E-state index is 13.3. The molecule has 0 unspecified atom stereocenters. The summed E-state index contributed by atoms with van der Waals surface area (Å²) < 4.78 is 20.2. The lowest BCUT2D eigenvalue weighted by molar-refractivity contribution is 0.0126. The number of morpholine rings is 1. The molecule has 2 aromatic heterocycles. The third-order valence-electron chi connectivity index (χ3n) is 5.09. The van der Waals surface area contributed by atoms with Gasteiger partial charge in [-0.2, -0.15) is 0 Å². The molecule has 10 nitrogen and oxygen atoms in total. The zero-order valence-corrected chi connectivity index (χ0v) is 18.1. The van der Waals surface area contributed by atoms with E-state index in [1.54, 1.807) is 48.3 Å². The molecule has 33 heavy (non-hydrogen) atoms. The number of rotatable bonds is 6. The van der Waals surface area contributed by atoms with E-state index in [2.05, 4.69) is 15.4 Å². The first-order valence-electron chi connectivity index (χ1n) is 10.3. The Kier molecular flexibility index (Phi) is 6.63. The number of benzene rings is 1. The molecule has 0 bridgehead atoms. The Morgan fingerprint density at radius 1 is 1.15 bits per heavy atom. The van der Waals surface area contributed by atoms with Crippen LogP contribution in [0.4, 0.5) is 10.1 Å². The van der Waals surface area contributed by atoms with Crippen molar-refractivity contribution < 1.29 is 13.9 Å². The van der Waals surface area contributed by atoms with Gasteiger partial charge in [-0.05, 0) is 43.3 Å². The number of allylic oxidation sites excluding steroid dienone is 1. The molecule has 11 heteroatoms. The summed E-state index contributed by atoms with van der Waals surface area (Å²) in [7, 11) is 0. The molecule has 0 saturated carbocycles. The standard InChI is InChI=1S/C22H25FN8O2/c1-15(24)21(31(25)18-5-3-17(23)4-6-18)19-13-29(14-27-19)20-7-2-16(12-26-20)22(32)28-30-8-10-33-11-9-30/h2-7,12-14H,8-11,24-25H2,1H3,(H,28,32)/b21-15-. The van der Waals surface area contributed by atoms with Crippen LogP contribution in [0.5, 0.6) is 0 Å². The number of hydrazine groups is 2. The van der Waals surface area contributed by atoms with Crippen molar-refractivity contribution in [1.82, 2.24) is 25.0 Å². The van der Waals surface area contributed by atoms with Crippen molar-refractivity contribution in [2.75, 3.05) is 31.3 Å². The molecule has 1 aliphatic rings. The van der Waals surface area contributed by atoms with Crippen LogP contribution in [0.15, 0.2) is 60.8 Å². The predicted octanol–water partition coefficient (Wildman–Crippen LogP) is 1.41. The topological polar surface area (TPSA) is 128 Å². The van der Waals surface area contributed by atoms with Crippen LogP contribution in [0.3, 0.4) is 0 Å². The second-order valence-corrected chi connectivity index (χ2v) is 7.49. The van der Waals surface area contributed by atoms with Gasteiger partial charge in [0.2, 0.25) is 0 Å². The van der Waals surface area contributed by atoms with E-state index in [0.717, 1.165) is 0 Å². The number of nitrogens with two attached hydrogens (primary N) is 2. The van der Waals surface area contributed by atoms with Crippen molar-refractivity contribution in [2.24, 2.45) is 11.6 Å². The zero-order valence-electron chi connectivity index (χ0n) is 18.1. The van der Waals surface area contributed by atoms with Crippen molar-refractivity contribution in [1.29, 1.82) is 0 Å². The van der Waals surface area contributed by atoms with Gasteiger partial charge in [0.1, 0.15) is 29.4 Å². The van der Waals surface area contributed by atoms with E-state index in [1.807, 2.05) is 5.01 Å². The summed E-state index contributed by atoms with van der Waals surface area (Å²) in [6, 6.07) is 9.15. The molecule has 1 aromatic carbocycles. The number of anilines is 1. The van der Waals surface area contributed by atoms with Gasteiger partial charge in [-0.15, -0.1) is 0 Å². The van der Waals surface area contributed by atoms with Gasteiger partial charge in [-0.3, -0.25) is 19.8 Å². The molecule has 4 rings (SSSR count). The Morgan fingerprint density at radius 3 is 2.52 bits per heavy atom. The number of imidazole rings is 1. The number of ether oxygens (including phenoxy) is 1. The van der Waals surface area contributed by atoms with Crippen LogP contribution >= 0.6 is 0 Å². The average molecular weight is 452 g/mol. The minimum Gasteiger partial charge on any atom is -0.400 e. The van der Waals surface area contributed by atoms with Crippen molar-refractivity contribution in [3.8, 4) is 5.82 Å². The van der Waals surface area contributed by atoms with Gasteiger partial charge in [0.15, 0.2) is 0 Å². The van der Waals surface area contributed by atoms with E-state index in [-0.39, 0.29) is 11.7 Å². The number of hydrogen-bond acceptors (Lipinski definition) is 8. The van der Waals surface area contributed by atoms with Crippen LogP contribution < -0.4 is 22.0 Å². The highest BCUT2D eigenvalue weighted by atomic mass is 19.1. The number of carbonyl (C=O) groups is 1. The van der Waals surface area contributed by atoms with Crippen molar-refractivity contribution in [2.45, 2.75) is 6.92 Å². The quantitative estimate of drug-likeness (QED) is 0.378. The first-order valence-corrected chi connectivity index (χ1v) is 10.3. The molecule has 1 fully saturated rings. The molecule has 3 aromatic rings.